The molecule has 58 valence electrons. The second kappa shape index (κ2) is 4.20. The number of hydrogen-bond donors (Lipinski definition) is 0. The molecule has 0 fully saturated rings. The fourth-order valence-corrected chi connectivity index (χ4v) is 0.666. The van der Waals surface area contributed by atoms with Crippen LogP contribution in [0.4, 0.5) is 0 Å². The molecule has 0 rings (SSSR count). The van der Waals surface area contributed by atoms with E-state index in [9.17, 15) is 0 Å². The van der Waals surface area contributed by atoms with Gasteiger partial charge in [-0.2, -0.15) is 0 Å². The van der Waals surface area contributed by atoms with Crippen molar-refractivity contribution in [2.45, 2.75) is 27.7 Å². The van der Waals surface area contributed by atoms with Crippen molar-refractivity contribution in [3.8, 4) is 0 Å². The maximum absolute atomic E-state index is 4.26. The van der Waals surface area contributed by atoms with Crippen molar-refractivity contribution in [1.82, 2.24) is 0 Å². The minimum atomic E-state index is 0.430. The molecule has 0 aromatic carbocycles. The molecule has 0 heterocycles. The molecule has 2 heteroatoms. The van der Waals surface area contributed by atoms with E-state index in [0.29, 0.717) is 5.92 Å². The fourth-order valence-electron chi connectivity index (χ4n) is 0.666. The molecule has 0 aliphatic carbocycles. The summed E-state index contributed by atoms with van der Waals surface area (Å²) in [4.78, 5) is 8.32. The van der Waals surface area contributed by atoms with Gasteiger partial charge in [-0.05, 0) is 13.8 Å². The van der Waals surface area contributed by atoms with Crippen molar-refractivity contribution < 1.29 is 0 Å². The van der Waals surface area contributed by atoms with Gasteiger partial charge in [0.1, 0.15) is 5.84 Å². The molecule has 0 aliphatic heterocycles. The first-order valence-corrected chi connectivity index (χ1v) is 3.56. The molecule has 0 aromatic heterocycles. The maximum Gasteiger partial charge on any atom is 0.125 e. The molecule has 0 radical (unpaired) electrons. The minimum absolute atomic E-state index is 0.430. The second-order valence-electron chi connectivity index (χ2n) is 2.80. The Kier molecular flexibility index (Phi) is 3.93. The van der Waals surface area contributed by atoms with Gasteiger partial charge in [-0.25, -0.2) is 4.99 Å². The lowest BCUT2D eigenvalue weighted by Gasteiger charge is -2.02. The Balaban J connectivity index is 4.26. The van der Waals surface area contributed by atoms with Crippen molar-refractivity contribution in [3.05, 3.63) is 0 Å². The molecule has 0 amide bonds. The van der Waals surface area contributed by atoms with Crippen LogP contribution in [0.15, 0.2) is 9.98 Å². The number of aliphatic imine (C=N–C) groups is 2. The minimum Gasteiger partial charge on any atom is -0.274 e. The summed E-state index contributed by atoms with van der Waals surface area (Å²) in [7, 11) is 1.78. The van der Waals surface area contributed by atoms with E-state index in [0.717, 1.165) is 11.5 Å². The smallest absolute Gasteiger partial charge is 0.125 e. The van der Waals surface area contributed by atoms with Gasteiger partial charge in [-0.15, -0.1) is 0 Å². The predicted molar refractivity (Wildman–Crippen MR) is 47.0 cm³/mol. The van der Waals surface area contributed by atoms with Gasteiger partial charge >= 0.3 is 0 Å². The third-order valence-corrected chi connectivity index (χ3v) is 1.08. The molecule has 0 bridgehead atoms. The normalized spacial score (nSPS) is 12.0. The van der Waals surface area contributed by atoms with Crippen LogP contribution in [0, 0.1) is 5.92 Å². The first-order valence-electron chi connectivity index (χ1n) is 3.56. The van der Waals surface area contributed by atoms with Gasteiger partial charge in [0.25, 0.3) is 0 Å². The first kappa shape index (κ1) is 9.34. The van der Waals surface area contributed by atoms with Crippen molar-refractivity contribution in [2.75, 3.05) is 7.05 Å². The van der Waals surface area contributed by atoms with Crippen molar-refractivity contribution in [2.24, 2.45) is 15.9 Å². The number of hydrogen-bond acceptors (Lipinski definition) is 1. The summed E-state index contributed by atoms with van der Waals surface area (Å²) in [5.41, 5.74) is 1.06. The summed E-state index contributed by atoms with van der Waals surface area (Å²) in [5.74, 6) is 1.36. The molecule has 0 saturated heterocycles. The van der Waals surface area contributed by atoms with Crippen LogP contribution in [0.1, 0.15) is 27.7 Å². The number of nitrogens with zero attached hydrogens (tertiary/aromatic N) is 2. The van der Waals surface area contributed by atoms with Crippen LogP contribution < -0.4 is 0 Å². The summed E-state index contributed by atoms with van der Waals surface area (Å²) in [6.07, 6.45) is 0. The predicted octanol–water partition coefficient (Wildman–Crippen LogP) is 2.15. The second-order valence-corrected chi connectivity index (χ2v) is 2.80. The van der Waals surface area contributed by atoms with Gasteiger partial charge in [0.2, 0.25) is 0 Å². The van der Waals surface area contributed by atoms with Crippen LogP contribution in [0.5, 0.6) is 0 Å². The highest BCUT2D eigenvalue weighted by Crippen LogP contribution is 1.98. The van der Waals surface area contributed by atoms with E-state index >= 15 is 0 Å². The van der Waals surface area contributed by atoms with Gasteiger partial charge in [0.05, 0.1) is 0 Å². The highest BCUT2D eigenvalue weighted by atomic mass is 14.9. The van der Waals surface area contributed by atoms with Gasteiger partial charge in [0.15, 0.2) is 0 Å². The lowest BCUT2D eigenvalue weighted by molar-refractivity contribution is 0.869. The standard InChI is InChI=1S/C8H16N2/c1-6(2)8(9-5)10-7(3)4/h6H,1-5H3. The highest BCUT2D eigenvalue weighted by molar-refractivity contribution is 5.96. The van der Waals surface area contributed by atoms with Gasteiger partial charge in [0, 0.05) is 18.7 Å². The molecule has 0 unspecified atom stereocenters. The van der Waals surface area contributed by atoms with Gasteiger partial charge in [-0.3, -0.25) is 4.99 Å². The zero-order valence-corrected chi connectivity index (χ0v) is 7.47. The Morgan fingerprint density at radius 2 is 1.70 bits per heavy atom. The Morgan fingerprint density at radius 3 is 1.80 bits per heavy atom. The molecule has 0 atom stereocenters. The molecular weight excluding hydrogens is 124 g/mol. The molecular formula is C8H16N2. The first-order chi connectivity index (χ1) is 4.57. The molecule has 0 aromatic rings. The zero-order chi connectivity index (χ0) is 8.15. The van der Waals surface area contributed by atoms with Crippen molar-refractivity contribution in [3.63, 3.8) is 0 Å². The van der Waals surface area contributed by atoms with E-state index in [2.05, 4.69) is 23.8 Å². The number of amidine groups is 1. The van der Waals surface area contributed by atoms with Crippen LogP contribution in [-0.4, -0.2) is 18.6 Å². The van der Waals surface area contributed by atoms with Crippen LogP contribution in [-0.2, 0) is 0 Å². The van der Waals surface area contributed by atoms with Crippen molar-refractivity contribution in [1.29, 1.82) is 0 Å². The average Bonchev–Trinajstić information content (AvgIpc) is 1.81. The zero-order valence-electron chi connectivity index (χ0n) is 7.47. The Labute approximate surface area is 63.1 Å². The van der Waals surface area contributed by atoms with Crippen LogP contribution >= 0.6 is 0 Å². The lowest BCUT2D eigenvalue weighted by atomic mass is 10.2. The molecule has 0 aliphatic rings. The summed E-state index contributed by atoms with van der Waals surface area (Å²) >= 11 is 0. The quantitative estimate of drug-likeness (QED) is 0.394. The summed E-state index contributed by atoms with van der Waals surface area (Å²) in [6.45, 7) is 8.14. The molecule has 0 spiro atoms. The van der Waals surface area contributed by atoms with E-state index in [4.69, 9.17) is 0 Å². The third-order valence-electron chi connectivity index (χ3n) is 1.08. The lowest BCUT2D eigenvalue weighted by Crippen LogP contribution is -2.05. The van der Waals surface area contributed by atoms with Crippen molar-refractivity contribution >= 4 is 11.5 Å². The fraction of sp³-hybridized carbons (Fsp3) is 0.750. The Hall–Kier alpha value is -0.660. The largest absolute Gasteiger partial charge is 0.274 e. The highest BCUT2D eigenvalue weighted by Gasteiger charge is 1.99. The average molecular weight is 140 g/mol. The maximum atomic E-state index is 4.26. The summed E-state index contributed by atoms with van der Waals surface area (Å²) < 4.78 is 0. The molecule has 0 saturated carbocycles. The van der Waals surface area contributed by atoms with E-state index in [1.807, 2.05) is 13.8 Å². The Morgan fingerprint density at radius 1 is 1.20 bits per heavy atom. The van der Waals surface area contributed by atoms with Crippen LogP contribution in [0.25, 0.3) is 0 Å². The summed E-state index contributed by atoms with van der Waals surface area (Å²) in [5, 5.41) is 0. The SMILES string of the molecule is CN=C(N=C(C)C)C(C)C. The van der Waals surface area contributed by atoms with Gasteiger partial charge < -0.3 is 0 Å². The van der Waals surface area contributed by atoms with Gasteiger partial charge in [-0.1, -0.05) is 13.8 Å². The van der Waals surface area contributed by atoms with Crippen LogP contribution in [0.2, 0.25) is 0 Å². The van der Waals surface area contributed by atoms with E-state index in [1.165, 1.54) is 0 Å². The van der Waals surface area contributed by atoms with E-state index in [1.54, 1.807) is 7.05 Å². The monoisotopic (exact) mass is 140 g/mol. The van der Waals surface area contributed by atoms with E-state index < -0.39 is 0 Å². The molecule has 0 N–H and O–H groups in total. The van der Waals surface area contributed by atoms with Crippen LogP contribution in [0.3, 0.4) is 0 Å². The molecule has 10 heavy (non-hydrogen) atoms. The Bertz CT molecular complexity index is 151. The summed E-state index contributed by atoms with van der Waals surface area (Å²) in [6, 6.07) is 0. The number of rotatable bonds is 1. The molecule has 2 nitrogen and oxygen atoms in total. The topological polar surface area (TPSA) is 24.7 Å². The third kappa shape index (κ3) is 3.38. The van der Waals surface area contributed by atoms with E-state index in [-0.39, 0.29) is 0 Å².